The second kappa shape index (κ2) is 5.91. The van der Waals surface area contributed by atoms with Gasteiger partial charge in [0.15, 0.2) is 0 Å². The van der Waals surface area contributed by atoms with Crippen molar-refractivity contribution in [3.63, 3.8) is 0 Å². The predicted molar refractivity (Wildman–Crippen MR) is 78.5 cm³/mol. The van der Waals surface area contributed by atoms with E-state index in [0.29, 0.717) is 13.1 Å². The molecule has 3 rings (SSSR count). The molecule has 1 N–H and O–H groups in total. The lowest BCUT2D eigenvalue weighted by Gasteiger charge is -2.39. The van der Waals surface area contributed by atoms with Gasteiger partial charge in [0.05, 0.1) is 18.3 Å². The largest absolute Gasteiger partial charge is 0.387 e. The summed E-state index contributed by atoms with van der Waals surface area (Å²) in [4.78, 5) is 6.49. The Hall–Kier alpha value is -1.79. The van der Waals surface area contributed by atoms with Crippen LogP contribution in [0, 0.1) is 6.92 Å². The highest BCUT2D eigenvalue weighted by Gasteiger charge is 2.34. The molecule has 1 atom stereocenters. The molecule has 0 spiro atoms. The Labute approximate surface area is 124 Å². The molecule has 0 aliphatic carbocycles. The van der Waals surface area contributed by atoms with Crippen molar-refractivity contribution in [2.45, 2.75) is 38.5 Å². The Morgan fingerprint density at radius 3 is 3.05 bits per heavy atom. The highest BCUT2D eigenvalue weighted by Crippen LogP contribution is 2.24. The SMILES string of the molecule is Cc1ccncc1CN1CCCC(O)(Cn2ccnn2)C1. The molecule has 1 aliphatic rings. The van der Waals surface area contributed by atoms with E-state index in [2.05, 4.69) is 27.1 Å². The first kappa shape index (κ1) is 14.2. The average Bonchev–Trinajstić information content (AvgIpc) is 2.93. The van der Waals surface area contributed by atoms with E-state index in [9.17, 15) is 5.11 Å². The van der Waals surface area contributed by atoms with Gasteiger partial charge in [0.2, 0.25) is 0 Å². The Morgan fingerprint density at radius 1 is 1.38 bits per heavy atom. The average molecular weight is 287 g/mol. The lowest BCUT2D eigenvalue weighted by molar-refractivity contribution is -0.0479. The number of hydrogen-bond acceptors (Lipinski definition) is 5. The Bertz CT molecular complexity index is 586. The van der Waals surface area contributed by atoms with Gasteiger partial charge in [-0.05, 0) is 43.5 Å². The molecule has 0 aromatic carbocycles. The molecule has 3 heterocycles. The van der Waals surface area contributed by atoms with Crippen LogP contribution in [0.15, 0.2) is 30.9 Å². The highest BCUT2D eigenvalue weighted by molar-refractivity contribution is 5.21. The van der Waals surface area contributed by atoms with Gasteiger partial charge < -0.3 is 5.11 Å². The number of likely N-dealkylation sites (tertiary alicyclic amines) is 1. The minimum absolute atomic E-state index is 0.496. The van der Waals surface area contributed by atoms with E-state index in [1.807, 2.05) is 18.5 Å². The van der Waals surface area contributed by atoms with Gasteiger partial charge in [0.1, 0.15) is 0 Å². The third-order valence-corrected chi connectivity index (χ3v) is 4.10. The van der Waals surface area contributed by atoms with Crippen LogP contribution in [0.5, 0.6) is 0 Å². The zero-order valence-electron chi connectivity index (χ0n) is 12.3. The second-order valence-electron chi connectivity index (χ2n) is 5.94. The van der Waals surface area contributed by atoms with Crippen molar-refractivity contribution in [3.05, 3.63) is 42.0 Å². The molecular weight excluding hydrogens is 266 g/mol. The van der Waals surface area contributed by atoms with E-state index >= 15 is 0 Å². The van der Waals surface area contributed by atoms with Gasteiger partial charge in [-0.25, -0.2) is 4.68 Å². The van der Waals surface area contributed by atoms with Gasteiger partial charge >= 0.3 is 0 Å². The summed E-state index contributed by atoms with van der Waals surface area (Å²) in [7, 11) is 0. The summed E-state index contributed by atoms with van der Waals surface area (Å²) in [5.74, 6) is 0. The van der Waals surface area contributed by atoms with Crippen molar-refractivity contribution >= 4 is 0 Å². The van der Waals surface area contributed by atoms with Gasteiger partial charge in [-0.1, -0.05) is 5.21 Å². The molecule has 1 unspecified atom stereocenters. The van der Waals surface area contributed by atoms with Crippen molar-refractivity contribution in [1.82, 2.24) is 24.9 Å². The normalized spacial score (nSPS) is 23.3. The number of pyridine rings is 1. The minimum atomic E-state index is -0.734. The molecule has 0 bridgehead atoms. The van der Waals surface area contributed by atoms with Crippen molar-refractivity contribution in [2.75, 3.05) is 13.1 Å². The number of piperidine rings is 1. The number of aryl methyl sites for hydroxylation is 1. The van der Waals surface area contributed by atoms with Gasteiger partial charge in [-0.2, -0.15) is 0 Å². The Morgan fingerprint density at radius 2 is 2.29 bits per heavy atom. The number of β-amino-alcohol motifs (C(OH)–C–C–N with tert-alkyl or cyclic N) is 1. The van der Waals surface area contributed by atoms with Crippen LogP contribution in [0.3, 0.4) is 0 Å². The summed E-state index contributed by atoms with van der Waals surface area (Å²) in [5.41, 5.74) is 1.74. The zero-order valence-corrected chi connectivity index (χ0v) is 12.3. The Balaban J connectivity index is 1.66. The van der Waals surface area contributed by atoms with Crippen LogP contribution in [0.25, 0.3) is 0 Å². The summed E-state index contributed by atoms with van der Waals surface area (Å²) in [6.45, 7) is 5.09. The molecule has 2 aromatic heterocycles. The molecule has 1 fully saturated rings. The van der Waals surface area contributed by atoms with Crippen LogP contribution < -0.4 is 0 Å². The van der Waals surface area contributed by atoms with Crippen LogP contribution in [-0.2, 0) is 13.1 Å². The van der Waals surface area contributed by atoms with Gasteiger partial charge in [-0.3, -0.25) is 9.88 Å². The third-order valence-electron chi connectivity index (χ3n) is 4.10. The molecule has 6 nitrogen and oxygen atoms in total. The van der Waals surface area contributed by atoms with Crippen LogP contribution in [0.2, 0.25) is 0 Å². The van der Waals surface area contributed by atoms with Crippen LogP contribution in [0.1, 0.15) is 24.0 Å². The van der Waals surface area contributed by atoms with E-state index < -0.39 is 5.60 Å². The number of aromatic nitrogens is 4. The molecular formula is C15H21N5O. The van der Waals surface area contributed by atoms with Crippen LogP contribution in [-0.4, -0.2) is 48.7 Å². The molecule has 0 saturated carbocycles. The fourth-order valence-electron chi connectivity index (χ4n) is 2.99. The smallest absolute Gasteiger partial charge is 0.0970 e. The molecule has 6 heteroatoms. The molecule has 2 aromatic rings. The standard InChI is InChI=1S/C15H21N5O/c1-13-3-5-16-9-14(13)10-19-7-2-4-15(21,11-19)12-20-8-6-17-18-20/h3,5-6,8-9,21H,2,4,7,10-12H2,1H3. The Kier molecular flexibility index (Phi) is 3.98. The summed E-state index contributed by atoms with van der Waals surface area (Å²) in [5, 5.41) is 18.6. The van der Waals surface area contributed by atoms with E-state index in [1.165, 1.54) is 11.1 Å². The molecule has 1 aliphatic heterocycles. The zero-order chi connectivity index (χ0) is 14.7. The second-order valence-corrected chi connectivity index (χ2v) is 5.94. The quantitative estimate of drug-likeness (QED) is 0.909. The maximum absolute atomic E-state index is 10.8. The van der Waals surface area contributed by atoms with Crippen molar-refractivity contribution < 1.29 is 5.11 Å². The third kappa shape index (κ3) is 3.46. The molecule has 0 amide bonds. The fourth-order valence-corrected chi connectivity index (χ4v) is 2.99. The van der Waals surface area contributed by atoms with Gasteiger partial charge in [0.25, 0.3) is 0 Å². The van der Waals surface area contributed by atoms with Gasteiger partial charge in [-0.15, -0.1) is 5.10 Å². The highest BCUT2D eigenvalue weighted by atomic mass is 16.3. The van der Waals surface area contributed by atoms with E-state index in [4.69, 9.17) is 0 Å². The summed E-state index contributed by atoms with van der Waals surface area (Å²) in [6.07, 6.45) is 8.96. The van der Waals surface area contributed by atoms with E-state index in [1.54, 1.807) is 17.1 Å². The van der Waals surface area contributed by atoms with Crippen LogP contribution in [0.4, 0.5) is 0 Å². The first-order chi connectivity index (χ1) is 10.1. The summed E-state index contributed by atoms with van der Waals surface area (Å²) >= 11 is 0. The van der Waals surface area contributed by atoms with Crippen molar-refractivity contribution in [1.29, 1.82) is 0 Å². The summed E-state index contributed by atoms with van der Waals surface area (Å²) < 4.78 is 1.71. The van der Waals surface area contributed by atoms with E-state index in [0.717, 1.165) is 25.9 Å². The molecule has 1 saturated heterocycles. The first-order valence-electron chi connectivity index (χ1n) is 7.33. The van der Waals surface area contributed by atoms with Crippen molar-refractivity contribution in [3.8, 4) is 0 Å². The number of hydrogen-bond donors (Lipinski definition) is 1. The molecule has 0 radical (unpaired) electrons. The van der Waals surface area contributed by atoms with Crippen molar-refractivity contribution in [2.24, 2.45) is 0 Å². The van der Waals surface area contributed by atoms with Gasteiger partial charge in [0, 0.05) is 31.7 Å². The first-order valence-corrected chi connectivity index (χ1v) is 7.33. The van der Waals surface area contributed by atoms with E-state index in [-0.39, 0.29) is 0 Å². The lowest BCUT2D eigenvalue weighted by Crippen LogP contribution is -2.50. The maximum Gasteiger partial charge on any atom is 0.0970 e. The number of rotatable bonds is 4. The molecule has 21 heavy (non-hydrogen) atoms. The van der Waals surface area contributed by atoms with Crippen LogP contribution >= 0.6 is 0 Å². The summed E-state index contributed by atoms with van der Waals surface area (Å²) in [6, 6.07) is 2.03. The number of nitrogens with zero attached hydrogens (tertiary/aromatic N) is 5. The monoisotopic (exact) mass is 287 g/mol. The fraction of sp³-hybridized carbons (Fsp3) is 0.533. The topological polar surface area (TPSA) is 67.1 Å². The predicted octanol–water partition coefficient (Wildman–Crippen LogP) is 1.01. The minimum Gasteiger partial charge on any atom is -0.387 e. The lowest BCUT2D eigenvalue weighted by atomic mass is 9.92. The number of aliphatic hydroxyl groups is 1. The maximum atomic E-state index is 10.8. The molecule has 112 valence electrons.